The van der Waals surface area contributed by atoms with Crippen LogP contribution in [0.25, 0.3) is 11.1 Å². The summed E-state index contributed by atoms with van der Waals surface area (Å²) < 4.78 is 6.02. The van der Waals surface area contributed by atoms with Crippen LogP contribution < -0.4 is 10.5 Å². The Bertz CT molecular complexity index is 589. The number of hydrogen-bond donors (Lipinski definition) is 1. The zero-order valence-electron chi connectivity index (χ0n) is 13.8. The third kappa shape index (κ3) is 4.25. The molecule has 2 aromatic rings. The summed E-state index contributed by atoms with van der Waals surface area (Å²) >= 11 is 0. The van der Waals surface area contributed by atoms with Gasteiger partial charge >= 0.3 is 0 Å². The van der Waals surface area contributed by atoms with Gasteiger partial charge in [-0.2, -0.15) is 0 Å². The standard InChI is InChI=1S/C19H26N2O/c1-4-21(5-2)12-13-22-19-14-17(20)10-11-18(19)16-8-6-15(3)7-9-16/h6-11,14H,4-5,12-13,20H2,1-3H3. The number of hydrogen-bond acceptors (Lipinski definition) is 3. The fourth-order valence-corrected chi connectivity index (χ4v) is 2.45. The van der Waals surface area contributed by atoms with Gasteiger partial charge in [-0.3, -0.25) is 0 Å². The number of benzene rings is 2. The summed E-state index contributed by atoms with van der Waals surface area (Å²) in [6.45, 7) is 10.1. The van der Waals surface area contributed by atoms with E-state index in [0.29, 0.717) is 6.61 Å². The number of ether oxygens (including phenoxy) is 1. The molecule has 0 saturated heterocycles. The van der Waals surface area contributed by atoms with Gasteiger partial charge in [0.2, 0.25) is 0 Å². The molecular formula is C19H26N2O. The van der Waals surface area contributed by atoms with Crippen LogP contribution in [0.5, 0.6) is 5.75 Å². The number of nitrogens with two attached hydrogens (primary N) is 1. The van der Waals surface area contributed by atoms with Gasteiger partial charge in [-0.1, -0.05) is 43.7 Å². The van der Waals surface area contributed by atoms with E-state index in [4.69, 9.17) is 10.5 Å². The molecule has 2 rings (SSSR count). The minimum Gasteiger partial charge on any atom is -0.492 e. The van der Waals surface area contributed by atoms with Crippen molar-refractivity contribution in [2.24, 2.45) is 0 Å². The molecule has 0 aromatic heterocycles. The van der Waals surface area contributed by atoms with Crippen molar-refractivity contribution >= 4 is 5.69 Å². The van der Waals surface area contributed by atoms with E-state index in [-0.39, 0.29) is 0 Å². The highest BCUT2D eigenvalue weighted by molar-refractivity contribution is 5.73. The third-order valence-corrected chi connectivity index (χ3v) is 3.93. The van der Waals surface area contributed by atoms with E-state index in [1.54, 1.807) is 0 Å². The van der Waals surface area contributed by atoms with Crippen LogP contribution in [-0.2, 0) is 0 Å². The Hall–Kier alpha value is -2.00. The fraction of sp³-hybridized carbons (Fsp3) is 0.368. The van der Waals surface area contributed by atoms with Crippen LogP contribution in [-0.4, -0.2) is 31.1 Å². The van der Waals surface area contributed by atoms with Crippen molar-refractivity contribution in [3.8, 4) is 16.9 Å². The molecule has 0 spiro atoms. The van der Waals surface area contributed by atoms with Gasteiger partial charge in [0, 0.05) is 23.9 Å². The van der Waals surface area contributed by atoms with E-state index in [9.17, 15) is 0 Å². The Kier molecular flexibility index (Phi) is 5.84. The Morgan fingerprint density at radius 1 is 1.00 bits per heavy atom. The molecule has 2 N–H and O–H groups in total. The molecule has 2 aromatic carbocycles. The lowest BCUT2D eigenvalue weighted by Gasteiger charge is -2.19. The van der Waals surface area contributed by atoms with Crippen LogP contribution >= 0.6 is 0 Å². The Morgan fingerprint density at radius 3 is 2.32 bits per heavy atom. The first-order valence-electron chi connectivity index (χ1n) is 7.95. The first-order valence-corrected chi connectivity index (χ1v) is 7.95. The molecule has 22 heavy (non-hydrogen) atoms. The van der Waals surface area contributed by atoms with E-state index in [2.05, 4.69) is 49.9 Å². The monoisotopic (exact) mass is 298 g/mol. The van der Waals surface area contributed by atoms with Crippen molar-refractivity contribution in [1.82, 2.24) is 4.90 Å². The van der Waals surface area contributed by atoms with Gasteiger partial charge < -0.3 is 15.4 Å². The molecule has 0 bridgehead atoms. The molecule has 0 amide bonds. The summed E-state index contributed by atoms with van der Waals surface area (Å²) in [5.41, 5.74) is 10.2. The molecule has 0 aliphatic heterocycles. The highest BCUT2D eigenvalue weighted by Crippen LogP contribution is 2.32. The molecule has 0 fully saturated rings. The molecule has 3 nitrogen and oxygen atoms in total. The minimum atomic E-state index is 0.671. The molecule has 118 valence electrons. The summed E-state index contributed by atoms with van der Waals surface area (Å²) in [6.07, 6.45) is 0. The maximum Gasteiger partial charge on any atom is 0.129 e. The zero-order valence-corrected chi connectivity index (χ0v) is 13.8. The number of aryl methyl sites for hydroxylation is 1. The first kappa shape index (κ1) is 16.4. The molecule has 0 aliphatic carbocycles. The van der Waals surface area contributed by atoms with E-state index >= 15 is 0 Å². The molecule has 0 heterocycles. The number of nitrogens with zero attached hydrogens (tertiary/aromatic N) is 1. The van der Waals surface area contributed by atoms with Gasteiger partial charge in [0.1, 0.15) is 12.4 Å². The van der Waals surface area contributed by atoms with E-state index < -0.39 is 0 Å². The largest absolute Gasteiger partial charge is 0.492 e. The van der Waals surface area contributed by atoms with Crippen LogP contribution in [0.1, 0.15) is 19.4 Å². The van der Waals surface area contributed by atoms with Gasteiger partial charge in [-0.25, -0.2) is 0 Å². The fourth-order valence-electron chi connectivity index (χ4n) is 2.45. The van der Waals surface area contributed by atoms with E-state index in [1.165, 1.54) is 5.56 Å². The predicted molar refractivity (Wildman–Crippen MR) is 94.3 cm³/mol. The number of likely N-dealkylation sites (N-methyl/N-ethyl adjacent to an activating group) is 1. The van der Waals surface area contributed by atoms with Gasteiger partial charge in [0.05, 0.1) is 0 Å². The second kappa shape index (κ2) is 7.85. The first-order chi connectivity index (χ1) is 10.6. The maximum atomic E-state index is 6.02. The second-order valence-electron chi connectivity index (χ2n) is 5.50. The number of anilines is 1. The van der Waals surface area contributed by atoms with E-state index in [0.717, 1.165) is 42.2 Å². The van der Waals surface area contributed by atoms with Gasteiger partial charge in [0.25, 0.3) is 0 Å². The summed E-state index contributed by atoms with van der Waals surface area (Å²) in [5, 5.41) is 0. The van der Waals surface area contributed by atoms with Crippen molar-refractivity contribution in [2.75, 3.05) is 32.0 Å². The molecule has 0 unspecified atom stereocenters. The normalized spacial score (nSPS) is 10.9. The average molecular weight is 298 g/mol. The highest BCUT2D eigenvalue weighted by atomic mass is 16.5. The maximum absolute atomic E-state index is 6.02. The van der Waals surface area contributed by atoms with Crippen molar-refractivity contribution in [3.05, 3.63) is 48.0 Å². The molecule has 3 heteroatoms. The summed E-state index contributed by atoms with van der Waals surface area (Å²) in [4.78, 5) is 2.35. The lowest BCUT2D eigenvalue weighted by atomic mass is 10.0. The molecule has 0 atom stereocenters. The smallest absolute Gasteiger partial charge is 0.129 e. The van der Waals surface area contributed by atoms with Gasteiger partial charge in [-0.05, 0) is 37.7 Å². The summed E-state index contributed by atoms with van der Waals surface area (Å²) in [6, 6.07) is 14.4. The lowest BCUT2D eigenvalue weighted by Crippen LogP contribution is -2.28. The summed E-state index contributed by atoms with van der Waals surface area (Å²) in [7, 11) is 0. The van der Waals surface area contributed by atoms with Crippen molar-refractivity contribution in [2.45, 2.75) is 20.8 Å². The number of nitrogen functional groups attached to an aromatic ring is 1. The second-order valence-corrected chi connectivity index (χ2v) is 5.50. The zero-order chi connectivity index (χ0) is 15.9. The minimum absolute atomic E-state index is 0.671. The molecule has 0 saturated carbocycles. The lowest BCUT2D eigenvalue weighted by molar-refractivity contribution is 0.223. The molecule has 0 aliphatic rings. The van der Waals surface area contributed by atoms with Crippen LogP contribution in [0.3, 0.4) is 0 Å². The van der Waals surface area contributed by atoms with Crippen LogP contribution in [0.2, 0.25) is 0 Å². The molecular weight excluding hydrogens is 272 g/mol. The van der Waals surface area contributed by atoms with E-state index in [1.807, 2.05) is 18.2 Å². The summed E-state index contributed by atoms with van der Waals surface area (Å²) in [5.74, 6) is 0.857. The van der Waals surface area contributed by atoms with Crippen molar-refractivity contribution in [3.63, 3.8) is 0 Å². The third-order valence-electron chi connectivity index (χ3n) is 3.93. The van der Waals surface area contributed by atoms with Gasteiger partial charge in [-0.15, -0.1) is 0 Å². The van der Waals surface area contributed by atoms with Crippen LogP contribution in [0, 0.1) is 6.92 Å². The van der Waals surface area contributed by atoms with Crippen LogP contribution in [0.15, 0.2) is 42.5 Å². The number of rotatable bonds is 7. The quantitative estimate of drug-likeness (QED) is 0.786. The van der Waals surface area contributed by atoms with Crippen molar-refractivity contribution in [1.29, 1.82) is 0 Å². The Morgan fingerprint density at radius 2 is 1.68 bits per heavy atom. The SMILES string of the molecule is CCN(CC)CCOc1cc(N)ccc1-c1ccc(C)cc1. The molecule has 0 radical (unpaired) electrons. The Labute approximate surface area is 133 Å². The van der Waals surface area contributed by atoms with Gasteiger partial charge in [0.15, 0.2) is 0 Å². The van der Waals surface area contributed by atoms with Crippen molar-refractivity contribution < 1.29 is 4.74 Å². The highest BCUT2D eigenvalue weighted by Gasteiger charge is 2.08. The average Bonchev–Trinajstić information content (AvgIpc) is 2.53. The topological polar surface area (TPSA) is 38.5 Å². The predicted octanol–water partition coefficient (Wildman–Crippen LogP) is 3.96. The van der Waals surface area contributed by atoms with Crippen LogP contribution in [0.4, 0.5) is 5.69 Å². The Balaban J connectivity index is 2.16.